The first-order valence-corrected chi connectivity index (χ1v) is 12.2. The number of carbonyl (C=O) groups is 2. The molecule has 1 unspecified atom stereocenters. The smallest absolute Gasteiger partial charge is 0.254 e. The van der Waals surface area contributed by atoms with Crippen molar-refractivity contribution < 1.29 is 18.7 Å². The van der Waals surface area contributed by atoms with Gasteiger partial charge in [0.05, 0.1) is 18.7 Å². The summed E-state index contributed by atoms with van der Waals surface area (Å²) in [6, 6.07) is 18.1. The van der Waals surface area contributed by atoms with Crippen LogP contribution in [-0.4, -0.2) is 68.0 Å². The summed E-state index contributed by atoms with van der Waals surface area (Å²) in [5.41, 5.74) is 1.22. The molecule has 2 aliphatic rings. The Hall–Kier alpha value is -3.61. The van der Waals surface area contributed by atoms with Gasteiger partial charge in [0.25, 0.3) is 5.91 Å². The molecular formula is C28H30FN3O3. The van der Waals surface area contributed by atoms with E-state index in [1.165, 1.54) is 6.07 Å². The molecule has 0 radical (unpaired) electrons. The van der Waals surface area contributed by atoms with E-state index in [1.807, 2.05) is 57.2 Å². The quantitative estimate of drug-likeness (QED) is 0.568. The number of piperazine rings is 1. The Bertz CT molecular complexity index is 1240. The highest BCUT2D eigenvalue weighted by molar-refractivity contribution is 6.08. The van der Waals surface area contributed by atoms with Crippen LogP contribution in [0.5, 0.6) is 5.75 Å². The number of anilines is 1. The lowest BCUT2D eigenvalue weighted by molar-refractivity contribution is -0.137. The van der Waals surface area contributed by atoms with E-state index < -0.39 is 0 Å². The highest BCUT2D eigenvalue weighted by Gasteiger charge is 2.33. The molecule has 0 N–H and O–H groups in total. The standard InChI is InChI=1S/C28H30FN3O3/c1-35-26-13-12-23(21-8-2-3-9-22(21)26)28(34)32-14-6-7-20(19-32)27(33)31-17-15-30(16-18-31)25-11-5-4-10-24(25)29/h2-5,8-13,20H,6-7,14-19H2,1H3. The fraction of sp³-hybridized carbons (Fsp3) is 0.357. The molecule has 2 fully saturated rings. The molecule has 0 spiro atoms. The Morgan fingerprint density at radius 3 is 2.31 bits per heavy atom. The molecule has 0 saturated carbocycles. The van der Waals surface area contributed by atoms with Crippen LogP contribution in [0.1, 0.15) is 23.2 Å². The highest BCUT2D eigenvalue weighted by atomic mass is 19.1. The molecule has 0 bridgehead atoms. The minimum Gasteiger partial charge on any atom is -0.496 e. The number of benzene rings is 3. The molecule has 2 amide bonds. The third-order valence-corrected chi connectivity index (χ3v) is 7.18. The number of carbonyl (C=O) groups excluding carboxylic acids is 2. The van der Waals surface area contributed by atoms with Crippen LogP contribution < -0.4 is 9.64 Å². The molecule has 182 valence electrons. The van der Waals surface area contributed by atoms with Crippen molar-refractivity contribution in [1.82, 2.24) is 9.80 Å². The summed E-state index contributed by atoms with van der Waals surface area (Å²) in [6.45, 7) is 3.37. The summed E-state index contributed by atoms with van der Waals surface area (Å²) in [6.07, 6.45) is 1.57. The molecule has 35 heavy (non-hydrogen) atoms. The molecule has 7 heteroatoms. The largest absolute Gasteiger partial charge is 0.496 e. The van der Waals surface area contributed by atoms with Crippen molar-refractivity contribution >= 4 is 28.3 Å². The van der Waals surface area contributed by atoms with Gasteiger partial charge in [-0.3, -0.25) is 9.59 Å². The van der Waals surface area contributed by atoms with E-state index in [-0.39, 0.29) is 23.5 Å². The first-order valence-electron chi connectivity index (χ1n) is 12.2. The highest BCUT2D eigenvalue weighted by Crippen LogP contribution is 2.30. The second-order valence-corrected chi connectivity index (χ2v) is 9.22. The van der Waals surface area contributed by atoms with Gasteiger partial charge in [0.1, 0.15) is 11.6 Å². The van der Waals surface area contributed by atoms with Crippen molar-refractivity contribution in [2.75, 3.05) is 51.3 Å². The van der Waals surface area contributed by atoms with E-state index in [4.69, 9.17) is 4.74 Å². The molecule has 5 rings (SSSR count). The lowest BCUT2D eigenvalue weighted by atomic mass is 9.94. The van der Waals surface area contributed by atoms with E-state index >= 15 is 0 Å². The summed E-state index contributed by atoms with van der Waals surface area (Å²) in [5.74, 6) is 0.330. The van der Waals surface area contributed by atoms with Gasteiger partial charge in [-0.2, -0.15) is 0 Å². The third kappa shape index (κ3) is 4.55. The SMILES string of the molecule is COc1ccc(C(=O)N2CCCC(C(=O)N3CCN(c4ccccc4F)CC3)C2)c2ccccc12. The third-order valence-electron chi connectivity index (χ3n) is 7.18. The number of ether oxygens (including phenoxy) is 1. The van der Waals surface area contributed by atoms with Crippen molar-refractivity contribution in [3.8, 4) is 5.75 Å². The number of piperidine rings is 1. The van der Waals surface area contributed by atoms with Crippen LogP contribution in [0.25, 0.3) is 10.8 Å². The van der Waals surface area contributed by atoms with E-state index in [0.717, 1.165) is 29.4 Å². The van der Waals surface area contributed by atoms with Gasteiger partial charge in [-0.25, -0.2) is 4.39 Å². The Morgan fingerprint density at radius 1 is 0.857 bits per heavy atom. The van der Waals surface area contributed by atoms with Gasteiger partial charge in [-0.05, 0) is 42.5 Å². The number of hydrogen-bond donors (Lipinski definition) is 0. The molecule has 0 aliphatic carbocycles. The fourth-order valence-corrected chi connectivity index (χ4v) is 5.30. The van der Waals surface area contributed by atoms with Gasteiger partial charge in [-0.15, -0.1) is 0 Å². The zero-order chi connectivity index (χ0) is 24.4. The van der Waals surface area contributed by atoms with Gasteiger partial charge >= 0.3 is 0 Å². The Labute approximate surface area is 204 Å². The first-order chi connectivity index (χ1) is 17.1. The summed E-state index contributed by atoms with van der Waals surface area (Å²) in [5, 5.41) is 1.76. The van der Waals surface area contributed by atoms with Gasteiger partial charge in [0.2, 0.25) is 5.91 Å². The molecule has 2 heterocycles. The topological polar surface area (TPSA) is 53.1 Å². The zero-order valence-electron chi connectivity index (χ0n) is 20.0. The summed E-state index contributed by atoms with van der Waals surface area (Å²) in [7, 11) is 1.63. The molecule has 1 atom stereocenters. The number of para-hydroxylation sites is 1. The van der Waals surface area contributed by atoms with Gasteiger partial charge < -0.3 is 19.4 Å². The van der Waals surface area contributed by atoms with Gasteiger partial charge in [0.15, 0.2) is 0 Å². The monoisotopic (exact) mass is 475 g/mol. The maximum atomic E-state index is 14.2. The second kappa shape index (κ2) is 9.94. The Balaban J connectivity index is 1.26. The minimum absolute atomic E-state index is 0.0503. The van der Waals surface area contributed by atoms with E-state index in [2.05, 4.69) is 0 Å². The summed E-state index contributed by atoms with van der Waals surface area (Å²) < 4.78 is 19.6. The van der Waals surface area contributed by atoms with Crippen molar-refractivity contribution in [2.45, 2.75) is 12.8 Å². The number of likely N-dealkylation sites (tertiary alicyclic amines) is 1. The van der Waals surface area contributed by atoms with Crippen molar-refractivity contribution in [3.05, 3.63) is 72.0 Å². The molecule has 3 aromatic rings. The molecule has 2 aliphatic heterocycles. The number of methoxy groups -OCH3 is 1. The zero-order valence-corrected chi connectivity index (χ0v) is 20.0. The lowest BCUT2D eigenvalue weighted by Gasteiger charge is -2.39. The van der Waals surface area contributed by atoms with Crippen LogP contribution in [0, 0.1) is 11.7 Å². The number of amides is 2. The molecule has 3 aromatic carbocycles. The van der Waals surface area contributed by atoms with Crippen LogP contribution in [0.15, 0.2) is 60.7 Å². The van der Waals surface area contributed by atoms with Crippen LogP contribution in [-0.2, 0) is 4.79 Å². The second-order valence-electron chi connectivity index (χ2n) is 9.22. The normalized spacial score (nSPS) is 18.6. The predicted octanol–water partition coefficient (Wildman–Crippen LogP) is 4.19. The van der Waals surface area contributed by atoms with Crippen LogP contribution in [0.2, 0.25) is 0 Å². The summed E-state index contributed by atoms with van der Waals surface area (Å²) in [4.78, 5) is 32.5. The molecule has 6 nitrogen and oxygen atoms in total. The average Bonchev–Trinajstić information content (AvgIpc) is 2.92. The minimum atomic E-state index is -0.236. The number of halogens is 1. The Kier molecular flexibility index (Phi) is 6.57. The first kappa shape index (κ1) is 23.1. The van der Waals surface area contributed by atoms with Crippen molar-refractivity contribution in [1.29, 1.82) is 0 Å². The molecular weight excluding hydrogens is 445 g/mol. The molecule has 0 aromatic heterocycles. The average molecular weight is 476 g/mol. The van der Waals surface area contributed by atoms with Crippen LogP contribution >= 0.6 is 0 Å². The molecule has 2 saturated heterocycles. The Morgan fingerprint density at radius 2 is 1.57 bits per heavy atom. The van der Waals surface area contributed by atoms with Crippen molar-refractivity contribution in [2.24, 2.45) is 5.92 Å². The van der Waals surface area contributed by atoms with Crippen LogP contribution in [0.3, 0.4) is 0 Å². The predicted molar refractivity (Wildman–Crippen MR) is 134 cm³/mol. The summed E-state index contributed by atoms with van der Waals surface area (Å²) >= 11 is 0. The van der Waals surface area contributed by atoms with E-state index in [0.29, 0.717) is 50.5 Å². The lowest BCUT2D eigenvalue weighted by Crippen LogP contribution is -2.53. The maximum Gasteiger partial charge on any atom is 0.254 e. The fourth-order valence-electron chi connectivity index (χ4n) is 5.30. The number of hydrogen-bond acceptors (Lipinski definition) is 4. The van der Waals surface area contributed by atoms with E-state index in [1.54, 1.807) is 19.2 Å². The number of rotatable bonds is 4. The van der Waals surface area contributed by atoms with Gasteiger partial charge in [-0.1, -0.05) is 36.4 Å². The maximum absolute atomic E-state index is 14.2. The number of fused-ring (bicyclic) bond motifs is 1. The van der Waals surface area contributed by atoms with Crippen molar-refractivity contribution in [3.63, 3.8) is 0 Å². The van der Waals surface area contributed by atoms with E-state index in [9.17, 15) is 14.0 Å². The van der Waals surface area contributed by atoms with Gasteiger partial charge in [0, 0.05) is 50.2 Å². The van der Waals surface area contributed by atoms with Crippen LogP contribution in [0.4, 0.5) is 10.1 Å². The number of nitrogens with zero attached hydrogens (tertiary/aromatic N) is 3.